The molecule has 1 saturated carbocycles. The summed E-state index contributed by atoms with van der Waals surface area (Å²) >= 11 is 12.5. The first-order valence-electron chi connectivity index (χ1n) is 7.41. The first-order chi connectivity index (χ1) is 10.2. The molecule has 2 aromatic rings. The molecule has 1 nitrogen and oxygen atoms in total. The van der Waals surface area contributed by atoms with Crippen molar-refractivity contribution in [2.75, 3.05) is 0 Å². The smallest absolute Gasteiger partial charge is 0.0639 e. The number of halogens is 2. The normalized spacial score (nSPS) is 17.5. The molecular weight excluding hydrogens is 301 g/mol. The Balaban J connectivity index is 1.81. The van der Waals surface area contributed by atoms with Crippen LogP contribution in [0.2, 0.25) is 10.0 Å². The minimum atomic E-state index is 0.169. The van der Waals surface area contributed by atoms with E-state index in [2.05, 4.69) is 42.6 Å². The van der Waals surface area contributed by atoms with Crippen LogP contribution in [0.5, 0.6) is 0 Å². The minimum Gasteiger partial charge on any atom is -0.303 e. The monoisotopic (exact) mass is 319 g/mol. The van der Waals surface area contributed by atoms with E-state index in [0.29, 0.717) is 16.1 Å². The Morgan fingerprint density at radius 3 is 2.38 bits per heavy atom. The number of rotatable bonds is 5. The van der Waals surface area contributed by atoms with Crippen molar-refractivity contribution in [1.29, 1.82) is 0 Å². The van der Waals surface area contributed by atoms with Gasteiger partial charge in [0.2, 0.25) is 0 Å². The highest BCUT2D eigenvalue weighted by Gasteiger charge is 2.33. The number of nitrogens with one attached hydrogen (secondary N) is 1. The molecule has 1 aliphatic carbocycles. The summed E-state index contributed by atoms with van der Waals surface area (Å²) in [6.07, 6.45) is 2.59. The quantitative estimate of drug-likeness (QED) is 0.734. The molecular formula is C18H19Cl2N. The molecule has 2 atom stereocenters. The van der Waals surface area contributed by atoms with Crippen LogP contribution >= 0.6 is 23.2 Å². The number of hydrogen-bond donors (Lipinski definition) is 1. The van der Waals surface area contributed by atoms with Gasteiger partial charge in [0, 0.05) is 12.1 Å². The van der Waals surface area contributed by atoms with E-state index in [1.807, 2.05) is 18.2 Å². The van der Waals surface area contributed by atoms with Gasteiger partial charge in [0.05, 0.1) is 10.0 Å². The lowest BCUT2D eigenvalue weighted by molar-refractivity contribution is 0.427. The van der Waals surface area contributed by atoms with Gasteiger partial charge in [-0.2, -0.15) is 0 Å². The average molecular weight is 320 g/mol. The van der Waals surface area contributed by atoms with E-state index < -0.39 is 0 Å². The minimum absolute atomic E-state index is 0.169. The maximum atomic E-state index is 6.34. The lowest BCUT2D eigenvalue weighted by Crippen LogP contribution is -2.26. The molecule has 1 fully saturated rings. The van der Waals surface area contributed by atoms with Crippen LogP contribution in [-0.4, -0.2) is 0 Å². The fourth-order valence-electron chi connectivity index (χ4n) is 2.81. The number of hydrogen-bond acceptors (Lipinski definition) is 1. The molecule has 1 N–H and O–H groups in total. The zero-order valence-electron chi connectivity index (χ0n) is 12.0. The molecule has 1 aliphatic rings. The van der Waals surface area contributed by atoms with Crippen LogP contribution in [-0.2, 0) is 0 Å². The van der Waals surface area contributed by atoms with Gasteiger partial charge in [0.15, 0.2) is 0 Å². The standard InChI is InChI=1S/C18H19Cl2N/c1-12(15-8-5-9-16(19)17(15)20)21-18(14-10-11-14)13-6-3-2-4-7-13/h2-9,12,14,18,21H,10-11H2,1H3. The molecule has 2 aromatic carbocycles. The molecule has 2 unspecified atom stereocenters. The highest BCUT2D eigenvalue weighted by molar-refractivity contribution is 6.42. The topological polar surface area (TPSA) is 12.0 Å². The van der Waals surface area contributed by atoms with E-state index in [0.717, 1.165) is 11.5 Å². The summed E-state index contributed by atoms with van der Waals surface area (Å²) in [5.74, 6) is 0.729. The van der Waals surface area contributed by atoms with Crippen molar-refractivity contribution in [3.8, 4) is 0 Å². The highest BCUT2D eigenvalue weighted by atomic mass is 35.5. The molecule has 3 rings (SSSR count). The van der Waals surface area contributed by atoms with E-state index in [1.165, 1.54) is 18.4 Å². The van der Waals surface area contributed by atoms with E-state index in [9.17, 15) is 0 Å². The van der Waals surface area contributed by atoms with Gasteiger partial charge in [-0.1, -0.05) is 65.7 Å². The molecule has 0 saturated heterocycles. The van der Waals surface area contributed by atoms with E-state index in [4.69, 9.17) is 23.2 Å². The van der Waals surface area contributed by atoms with Gasteiger partial charge in [-0.15, -0.1) is 0 Å². The molecule has 3 heteroatoms. The highest BCUT2D eigenvalue weighted by Crippen LogP contribution is 2.42. The summed E-state index contributed by atoms with van der Waals surface area (Å²) < 4.78 is 0. The second kappa shape index (κ2) is 6.39. The van der Waals surface area contributed by atoms with Gasteiger partial charge in [-0.05, 0) is 42.9 Å². The summed E-state index contributed by atoms with van der Waals surface area (Å²) in [4.78, 5) is 0. The predicted octanol–water partition coefficient (Wildman–Crippen LogP) is 5.80. The van der Waals surface area contributed by atoms with E-state index >= 15 is 0 Å². The Hall–Kier alpha value is -1.02. The van der Waals surface area contributed by atoms with Crippen LogP contribution in [0.1, 0.15) is 43.0 Å². The molecule has 21 heavy (non-hydrogen) atoms. The summed E-state index contributed by atoms with van der Waals surface area (Å²) in [6, 6.07) is 17.0. The summed E-state index contributed by atoms with van der Waals surface area (Å²) in [6.45, 7) is 2.15. The Kier molecular flexibility index (Phi) is 4.54. The molecule has 0 aromatic heterocycles. The lowest BCUT2D eigenvalue weighted by Gasteiger charge is -2.25. The van der Waals surface area contributed by atoms with Gasteiger partial charge >= 0.3 is 0 Å². The zero-order valence-corrected chi connectivity index (χ0v) is 13.5. The molecule has 0 amide bonds. The zero-order chi connectivity index (χ0) is 14.8. The van der Waals surface area contributed by atoms with E-state index in [1.54, 1.807) is 0 Å². The molecule has 0 bridgehead atoms. The largest absolute Gasteiger partial charge is 0.303 e. The van der Waals surface area contributed by atoms with Gasteiger partial charge in [-0.25, -0.2) is 0 Å². The maximum absolute atomic E-state index is 6.34. The van der Waals surface area contributed by atoms with Crippen molar-refractivity contribution in [2.45, 2.75) is 31.8 Å². The Morgan fingerprint density at radius 1 is 1.00 bits per heavy atom. The van der Waals surface area contributed by atoms with Gasteiger partial charge in [0.1, 0.15) is 0 Å². The van der Waals surface area contributed by atoms with Crippen LogP contribution in [0, 0.1) is 5.92 Å². The Bertz CT molecular complexity index is 608. The SMILES string of the molecule is CC(NC(c1ccccc1)C1CC1)c1cccc(Cl)c1Cl. The molecule has 0 heterocycles. The second-order valence-electron chi connectivity index (χ2n) is 5.76. The summed E-state index contributed by atoms with van der Waals surface area (Å²) in [5, 5.41) is 5.01. The van der Waals surface area contributed by atoms with Crippen molar-refractivity contribution in [3.05, 3.63) is 69.7 Å². The van der Waals surface area contributed by atoms with Gasteiger partial charge < -0.3 is 5.32 Å². The predicted molar refractivity (Wildman–Crippen MR) is 89.9 cm³/mol. The van der Waals surface area contributed by atoms with Crippen molar-refractivity contribution in [2.24, 2.45) is 5.92 Å². The first kappa shape index (κ1) is 14.9. The summed E-state index contributed by atoms with van der Waals surface area (Å²) in [5.41, 5.74) is 2.41. The first-order valence-corrected chi connectivity index (χ1v) is 8.17. The van der Waals surface area contributed by atoms with Crippen molar-refractivity contribution < 1.29 is 0 Å². The molecule has 0 aliphatic heterocycles. The van der Waals surface area contributed by atoms with Crippen LogP contribution in [0.15, 0.2) is 48.5 Å². The fraction of sp³-hybridized carbons (Fsp3) is 0.333. The summed E-state index contributed by atoms with van der Waals surface area (Å²) in [7, 11) is 0. The molecule has 0 radical (unpaired) electrons. The number of benzene rings is 2. The third kappa shape index (κ3) is 3.42. The third-order valence-corrected chi connectivity index (χ3v) is 4.96. The van der Waals surface area contributed by atoms with Crippen LogP contribution in [0.3, 0.4) is 0 Å². The van der Waals surface area contributed by atoms with Crippen molar-refractivity contribution in [3.63, 3.8) is 0 Å². The third-order valence-electron chi connectivity index (χ3n) is 4.13. The van der Waals surface area contributed by atoms with Crippen molar-refractivity contribution >= 4 is 23.2 Å². The van der Waals surface area contributed by atoms with Crippen LogP contribution in [0.4, 0.5) is 0 Å². The molecule has 110 valence electrons. The van der Waals surface area contributed by atoms with Crippen molar-refractivity contribution in [1.82, 2.24) is 5.32 Å². The lowest BCUT2D eigenvalue weighted by atomic mass is 9.99. The van der Waals surface area contributed by atoms with Crippen LogP contribution < -0.4 is 5.32 Å². The average Bonchev–Trinajstić information content (AvgIpc) is 3.33. The maximum Gasteiger partial charge on any atom is 0.0639 e. The van der Waals surface area contributed by atoms with Gasteiger partial charge in [-0.3, -0.25) is 0 Å². The second-order valence-corrected chi connectivity index (χ2v) is 6.54. The molecule has 0 spiro atoms. The van der Waals surface area contributed by atoms with Gasteiger partial charge in [0.25, 0.3) is 0 Å². The Labute approximate surface area is 136 Å². The fourth-order valence-corrected chi connectivity index (χ4v) is 3.28. The Morgan fingerprint density at radius 2 is 1.71 bits per heavy atom. The van der Waals surface area contributed by atoms with E-state index in [-0.39, 0.29) is 6.04 Å². The van der Waals surface area contributed by atoms with Crippen LogP contribution in [0.25, 0.3) is 0 Å².